The molecular formula is C18H13ClF3N5O2. The molecule has 29 heavy (non-hydrogen) atoms. The Morgan fingerprint density at radius 2 is 1.93 bits per heavy atom. The molecule has 2 aromatic heterocycles. The molecule has 0 spiro atoms. The lowest BCUT2D eigenvalue weighted by Crippen LogP contribution is -2.26. The molecule has 3 N–H and O–H groups in total. The fourth-order valence-electron chi connectivity index (χ4n) is 2.39. The standard InChI is InChI=1S/C18H13ClF3N5O2/c19-15-13(9-3-5-10(20)6-4-9)27-16(23)14(26-15)17(28)25-8-11-12(29-18(21)22)2-1-7-24-11/h1-7,18H,8H2,(H2,23,27)(H,25,28). The molecule has 7 nitrogen and oxygen atoms in total. The number of alkyl halides is 2. The molecule has 0 radical (unpaired) electrons. The molecule has 3 aromatic rings. The molecular weight excluding hydrogens is 411 g/mol. The van der Waals surface area contributed by atoms with E-state index in [1.54, 1.807) is 0 Å². The summed E-state index contributed by atoms with van der Waals surface area (Å²) in [7, 11) is 0. The van der Waals surface area contributed by atoms with Crippen molar-refractivity contribution < 1.29 is 22.7 Å². The first-order valence-corrected chi connectivity index (χ1v) is 8.49. The maximum atomic E-state index is 13.1. The van der Waals surface area contributed by atoms with Gasteiger partial charge in [-0.25, -0.2) is 14.4 Å². The highest BCUT2D eigenvalue weighted by Crippen LogP contribution is 2.27. The summed E-state index contributed by atoms with van der Waals surface area (Å²) in [6, 6.07) is 8.03. The van der Waals surface area contributed by atoms with Gasteiger partial charge in [-0.3, -0.25) is 9.78 Å². The number of carbonyl (C=O) groups is 1. The van der Waals surface area contributed by atoms with Gasteiger partial charge in [0.05, 0.1) is 6.54 Å². The molecule has 2 heterocycles. The van der Waals surface area contributed by atoms with E-state index >= 15 is 0 Å². The number of nitrogens with one attached hydrogen (secondary N) is 1. The van der Waals surface area contributed by atoms with Gasteiger partial charge in [0.15, 0.2) is 16.7 Å². The lowest BCUT2D eigenvalue weighted by atomic mass is 10.1. The van der Waals surface area contributed by atoms with Crippen LogP contribution in [0.2, 0.25) is 5.15 Å². The van der Waals surface area contributed by atoms with Crippen molar-refractivity contribution in [2.24, 2.45) is 0 Å². The zero-order valence-corrected chi connectivity index (χ0v) is 15.3. The average molecular weight is 424 g/mol. The van der Waals surface area contributed by atoms with Crippen molar-refractivity contribution in [2.45, 2.75) is 13.2 Å². The number of nitrogens with zero attached hydrogens (tertiary/aromatic N) is 3. The van der Waals surface area contributed by atoms with Crippen LogP contribution in [0.15, 0.2) is 42.6 Å². The minimum atomic E-state index is -3.03. The number of nitrogen functional groups attached to an aromatic ring is 1. The Hall–Kier alpha value is -3.40. The number of amides is 1. The van der Waals surface area contributed by atoms with E-state index in [9.17, 15) is 18.0 Å². The Morgan fingerprint density at radius 3 is 2.62 bits per heavy atom. The first-order chi connectivity index (χ1) is 13.8. The number of pyridine rings is 1. The molecule has 0 saturated carbocycles. The second kappa shape index (κ2) is 8.74. The Morgan fingerprint density at radius 1 is 1.21 bits per heavy atom. The average Bonchev–Trinajstić information content (AvgIpc) is 2.69. The summed E-state index contributed by atoms with van der Waals surface area (Å²) in [6.07, 6.45) is 1.36. The summed E-state index contributed by atoms with van der Waals surface area (Å²) in [5.41, 5.74) is 6.29. The highest BCUT2D eigenvalue weighted by molar-refractivity contribution is 6.32. The summed E-state index contributed by atoms with van der Waals surface area (Å²) in [5, 5.41) is 2.33. The highest BCUT2D eigenvalue weighted by Gasteiger charge is 2.19. The Balaban J connectivity index is 1.78. The fourth-order valence-corrected chi connectivity index (χ4v) is 2.63. The molecule has 150 valence electrons. The molecule has 0 atom stereocenters. The second-order valence-corrected chi connectivity index (χ2v) is 5.97. The summed E-state index contributed by atoms with van der Waals surface area (Å²) in [4.78, 5) is 24.3. The lowest BCUT2D eigenvalue weighted by molar-refractivity contribution is -0.0507. The maximum Gasteiger partial charge on any atom is 0.387 e. The van der Waals surface area contributed by atoms with Crippen LogP contribution >= 0.6 is 11.6 Å². The third-order valence-corrected chi connectivity index (χ3v) is 3.96. The van der Waals surface area contributed by atoms with E-state index in [1.807, 2.05) is 0 Å². The number of benzene rings is 1. The van der Waals surface area contributed by atoms with E-state index < -0.39 is 18.3 Å². The molecule has 0 aliphatic carbocycles. The van der Waals surface area contributed by atoms with E-state index in [0.717, 1.165) is 0 Å². The van der Waals surface area contributed by atoms with Crippen LogP contribution in [0.5, 0.6) is 5.75 Å². The van der Waals surface area contributed by atoms with Crippen LogP contribution in [0, 0.1) is 5.82 Å². The zero-order chi connectivity index (χ0) is 21.0. The van der Waals surface area contributed by atoms with Gasteiger partial charge < -0.3 is 15.8 Å². The van der Waals surface area contributed by atoms with Crippen molar-refractivity contribution in [1.82, 2.24) is 20.3 Å². The number of hydrogen-bond donors (Lipinski definition) is 2. The molecule has 0 unspecified atom stereocenters. The predicted molar refractivity (Wildman–Crippen MR) is 98.9 cm³/mol. The summed E-state index contributed by atoms with van der Waals surface area (Å²) in [5.74, 6) is -1.56. The monoisotopic (exact) mass is 423 g/mol. The first-order valence-electron chi connectivity index (χ1n) is 8.11. The molecule has 0 fully saturated rings. The van der Waals surface area contributed by atoms with Crippen molar-refractivity contribution in [3.8, 4) is 17.0 Å². The molecule has 0 aliphatic rings. The molecule has 0 bridgehead atoms. The highest BCUT2D eigenvalue weighted by atomic mass is 35.5. The van der Waals surface area contributed by atoms with Crippen LogP contribution in [0.25, 0.3) is 11.3 Å². The molecule has 1 amide bonds. The third kappa shape index (κ3) is 4.91. The minimum Gasteiger partial charge on any atom is -0.433 e. The van der Waals surface area contributed by atoms with Crippen LogP contribution in [0.3, 0.4) is 0 Å². The van der Waals surface area contributed by atoms with Crippen LogP contribution in [-0.2, 0) is 6.54 Å². The molecule has 11 heteroatoms. The number of carbonyl (C=O) groups excluding carboxylic acids is 1. The number of ether oxygens (including phenoxy) is 1. The van der Waals surface area contributed by atoms with Gasteiger partial charge in [-0.05, 0) is 36.4 Å². The van der Waals surface area contributed by atoms with Gasteiger partial charge in [-0.2, -0.15) is 8.78 Å². The van der Waals surface area contributed by atoms with Gasteiger partial charge in [0, 0.05) is 11.8 Å². The molecule has 0 aliphatic heterocycles. The number of rotatable bonds is 6. The zero-order valence-electron chi connectivity index (χ0n) is 14.6. The normalized spacial score (nSPS) is 10.8. The van der Waals surface area contributed by atoms with Crippen molar-refractivity contribution in [2.75, 3.05) is 5.73 Å². The van der Waals surface area contributed by atoms with Crippen molar-refractivity contribution in [1.29, 1.82) is 0 Å². The topological polar surface area (TPSA) is 103 Å². The SMILES string of the molecule is Nc1nc(-c2ccc(F)cc2)c(Cl)nc1C(=O)NCc1ncccc1OC(F)F. The van der Waals surface area contributed by atoms with Crippen molar-refractivity contribution in [3.63, 3.8) is 0 Å². The summed E-state index contributed by atoms with van der Waals surface area (Å²) < 4.78 is 42.3. The minimum absolute atomic E-state index is 0.0849. The summed E-state index contributed by atoms with van der Waals surface area (Å²) in [6.45, 7) is -3.26. The third-order valence-electron chi connectivity index (χ3n) is 3.69. The van der Waals surface area contributed by atoms with Crippen LogP contribution in [0.1, 0.15) is 16.2 Å². The number of aromatic nitrogens is 3. The fraction of sp³-hybridized carbons (Fsp3) is 0.111. The predicted octanol–water partition coefficient (Wildman–Crippen LogP) is 3.44. The van der Waals surface area contributed by atoms with E-state index in [-0.39, 0.29) is 40.3 Å². The van der Waals surface area contributed by atoms with Crippen LogP contribution < -0.4 is 15.8 Å². The Kier molecular flexibility index (Phi) is 6.13. The second-order valence-electron chi connectivity index (χ2n) is 5.61. The number of nitrogens with two attached hydrogens (primary N) is 1. The molecule has 1 aromatic carbocycles. The van der Waals surface area contributed by atoms with E-state index in [1.165, 1.54) is 42.6 Å². The number of hydrogen-bond acceptors (Lipinski definition) is 6. The van der Waals surface area contributed by atoms with Gasteiger partial charge >= 0.3 is 6.61 Å². The summed E-state index contributed by atoms with van der Waals surface area (Å²) >= 11 is 6.10. The van der Waals surface area contributed by atoms with Crippen molar-refractivity contribution >= 4 is 23.3 Å². The van der Waals surface area contributed by atoms with Gasteiger partial charge in [0.2, 0.25) is 0 Å². The van der Waals surface area contributed by atoms with E-state index in [0.29, 0.717) is 5.56 Å². The van der Waals surface area contributed by atoms with Gasteiger partial charge in [-0.1, -0.05) is 11.6 Å². The number of halogens is 4. The number of anilines is 1. The van der Waals surface area contributed by atoms with Gasteiger partial charge in [0.1, 0.15) is 23.0 Å². The largest absolute Gasteiger partial charge is 0.433 e. The van der Waals surface area contributed by atoms with E-state index in [2.05, 4.69) is 25.0 Å². The molecule has 3 rings (SSSR count). The smallest absolute Gasteiger partial charge is 0.387 e. The van der Waals surface area contributed by atoms with Gasteiger partial charge in [-0.15, -0.1) is 0 Å². The van der Waals surface area contributed by atoms with E-state index in [4.69, 9.17) is 17.3 Å². The maximum absolute atomic E-state index is 13.1. The van der Waals surface area contributed by atoms with Crippen molar-refractivity contribution in [3.05, 3.63) is 65.0 Å². The Bertz CT molecular complexity index is 1030. The Labute approximate surface area is 167 Å². The van der Waals surface area contributed by atoms with Crippen LogP contribution in [0.4, 0.5) is 19.0 Å². The lowest BCUT2D eigenvalue weighted by Gasteiger charge is -2.11. The van der Waals surface area contributed by atoms with Gasteiger partial charge in [0.25, 0.3) is 5.91 Å². The molecule has 0 saturated heterocycles. The quantitative estimate of drug-likeness (QED) is 0.629. The first kappa shape index (κ1) is 20.3. The van der Waals surface area contributed by atoms with Crippen LogP contribution in [-0.4, -0.2) is 27.5 Å².